The molecule has 0 radical (unpaired) electrons. The van der Waals surface area contributed by atoms with Crippen molar-refractivity contribution < 1.29 is 19.6 Å². The molecule has 0 aliphatic carbocycles. The van der Waals surface area contributed by atoms with Crippen LogP contribution in [0.1, 0.15) is 20.1 Å². The summed E-state index contributed by atoms with van der Waals surface area (Å²) in [5, 5.41) is 19.9. The van der Waals surface area contributed by atoms with E-state index in [1.807, 2.05) is 0 Å². The largest absolute Gasteiger partial charge is 0.481 e. The summed E-state index contributed by atoms with van der Waals surface area (Å²) >= 11 is 4.36. The average Bonchev–Trinajstić information content (AvgIpc) is 2.78. The van der Waals surface area contributed by atoms with E-state index in [0.717, 1.165) is 16.2 Å². The number of hydrogen-bond acceptors (Lipinski definition) is 5. The van der Waals surface area contributed by atoms with Crippen molar-refractivity contribution in [2.75, 3.05) is 0 Å². The van der Waals surface area contributed by atoms with E-state index in [4.69, 9.17) is 9.84 Å². The third-order valence-corrected chi connectivity index (χ3v) is 4.45. The third kappa shape index (κ3) is 3.40. The molecule has 1 aromatic carbocycles. The lowest BCUT2D eigenvalue weighted by atomic mass is 10.2. The maximum Gasteiger partial charge on any atom is 0.345 e. The van der Waals surface area contributed by atoms with Crippen molar-refractivity contribution in [3.63, 3.8) is 0 Å². The molecule has 1 heterocycles. The van der Waals surface area contributed by atoms with Gasteiger partial charge in [-0.15, -0.1) is 11.3 Å². The standard InChI is InChI=1S/C13H10BrNO5S/c1-7-8(5-11(21-7)13(16)17)6-20-12-9(14)3-2-4-10(12)15(18)19/h2-5H,6H2,1H3,(H,16,17). The molecule has 6 nitrogen and oxygen atoms in total. The number of halogens is 1. The molecule has 0 fully saturated rings. The number of carboxylic acids is 1. The second-order valence-corrected chi connectivity index (χ2v) is 6.24. The molecule has 21 heavy (non-hydrogen) atoms. The average molecular weight is 372 g/mol. The molecule has 0 aliphatic rings. The van der Waals surface area contributed by atoms with Crippen LogP contribution in [0.5, 0.6) is 5.75 Å². The quantitative estimate of drug-likeness (QED) is 0.633. The number of nitrogens with zero attached hydrogens (tertiary/aromatic N) is 1. The molecule has 8 heteroatoms. The van der Waals surface area contributed by atoms with Crippen molar-refractivity contribution in [3.05, 3.63) is 54.2 Å². The van der Waals surface area contributed by atoms with Crippen LogP contribution in [0.4, 0.5) is 5.69 Å². The smallest absolute Gasteiger partial charge is 0.345 e. The van der Waals surface area contributed by atoms with Crippen LogP contribution in [-0.4, -0.2) is 16.0 Å². The lowest BCUT2D eigenvalue weighted by Crippen LogP contribution is -2.00. The van der Waals surface area contributed by atoms with Gasteiger partial charge in [0.2, 0.25) is 5.75 Å². The Morgan fingerprint density at radius 2 is 2.24 bits per heavy atom. The molecule has 0 amide bonds. The van der Waals surface area contributed by atoms with E-state index in [0.29, 0.717) is 10.0 Å². The maximum atomic E-state index is 11.0. The van der Waals surface area contributed by atoms with Crippen molar-refractivity contribution >= 4 is 38.9 Å². The van der Waals surface area contributed by atoms with Gasteiger partial charge in [0, 0.05) is 16.5 Å². The van der Waals surface area contributed by atoms with Crippen LogP contribution in [-0.2, 0) is 6.61 Å². The van der Waals surface area contributed by atoms with Gasteiger partial charge in [-0.1, -0.05) is 6.07 Å². The van der Waals surface area contributed by atoms with Gasteiger partial charge in [0.15, 0.2) is 0 Å². The number of aromatic carboxylic acids is 1. The van der Waals surface area contributed by atoms with Gasteiger partial charge in [0.1, 0.15) is 11.5 Å². The summed E-state index contributed by atoms with van der Waals surface area (Å²) in [7, 11) is 0. The number of benzene rings is 1. The zero-order valence-corrected chi connectivity index (χ0v) is 13.2. The highest BCUT2D eigenvalue weighted by Gasteiger charge is 2.19. The molecule has 1 N–H and O–H groups in total. The highest BCUT2D eigenvalue weighted by Crippen LogP contribution is 2.35. The molecule has 0 saturated heterocycles. The zero-order chi connectivity index (χ0) is 15.6. The highest BCUT2D eigenvalue weighted by atomic mass is 79.9. The topological polar surface area (TPSA) is 89.7 Å². The van der Waals surface area contributed by atoms with Gasteiger partial charge in [0.25, 0.3) is 0 Å². The van der Waals surface area contributed by atoms with Gasteiger partial charge in [-0.3, -0.25) is 10.1 Å². The Morgan fingerprint density at radius 1 is 1.52 bits per heavy atom. The van der Waals surface area contributed by atoms with Crippen molar-refractivity contribution in [2.45, 2.75) is 13.5 Å². The fourth-order valence-electron chi connectivity index (χ4n) is 1.70. The minimum Gasteiger partial charge on any atom is -0.481 e. The first-order chi connectivity index (χ1) is 9.90. The number of aryl methyl sites for hydroxylation is 1. The summed E-state index contributed by atoms with van der Waals surface area (Å²) in [6.45, 7) is 1.85. The van der Waals surface area contributed by atoms with Crippen molar-refractivity contribution in [3.8, 4) is 5.75 Å². The van der Waals surface area contributed by atoms with Gasteiger partial charge in [-0.2, -0.15) is 0 Å². The lowest BCUT2D eigenvalue weighted by molar-refractivity contribution is -0.386. The van der Waals surface area contributed by atoms with E-state index < -0.39 is 10.9 Å². The zero-order valence-electron chi connectivity index (χ0n) is 10.8. The summed E-state index contributed by atoms with van der Waals surface area (Å²) in [5.74, 6) is -0.869. The minimum atomic E-state index is -0.999. The molecule has 0 unspecified atom stereocenters. The van der Waals surface area contributed by atoms with Gasteiger partial charge < -0.3 is 9.84 Å². The normalized spacial score (nSPS) is 10.4. The molecule has 2 aromatic rings. The van der Waals surface area contributed by atoms with Crippen LogP contribution in [0, 0.1) is 17.0 Å². The van der Waals surface area contributed by atoms with Crippen LogP contribution >= 0.6 is 27.3 Å². The van der Waals surface area contributed by atoms with Crippen LogP contribution in [0.25, 0.3) is 0 Å². The fraction of sp³-hybridized carbons (Fsp3) is 0.154. The number of thiophene rings is 1. The summed E-state index contributed by atoms with van der Waals surface area (Å²) in [4.78, 5) is 22.4. The van der Waals surface area contributed by atoms with Crippen LogP contribution in [0.15, 0.2) is 28.7 Å². The van der Waals surface area contributed by atoms with Gasteiger partial charge in [-0.25, -0.2) is 4.79 Å². The van der Waals surface area contributed by atoms with E-state index >= 15 is 0 Å². The second-order valence-electron chi connectivity index (χ2n) is 4.13. The number of carboxylic acid groups (broad SMARTS) is 1. The Bertz CT molecular complexity index is 713. The Kier molecular flexibility index (Phi) is 4.59. The molecule has 0 spiro atoms. The first kappa shape index (κ1) is 15.5. The van der Waals surface area contributed by atoms with Gasteiger partial charge >= 0.3 is 11.7 Å². The Morgan fingerprint density at radius 3 is 2.81 bits per heavy atom. The molecular weight excluding hydrogens is 362 g/mol. The summed E-state index contributed by atoms with van der Waals surface area (Å²) in [5.41, 5.74) is 0.554. The molecule has 0 aliphatic heterocycles. The van der Waals surface area contributed by atoms with E-state index in [-0.39, 0.29) is 22.9 Å². The number of nitro groups is 1. The number of rotatable bonds is 5. The van der Waals surface area contributed by atoms with E-state index in [2.05, 4.69) is 15.9 Å². The molecule has 0 saturated carbocycles. The molecule has 1 aromatic heterocycles. The predicted molar refractivity (Wildman–Crippen MR) is 81.1 cm³/mol. The first-order valence-corrected chi connectivity index (χ1v) is 7.39. The van der Waals surface area contributed by atoms with Gasteiger partial charge in [0.05, 0.1) is 9.40 Å². The van der Waals surface area contributed by atoms with Crippen molar-refractivity contribution in [2.24, 2.45) is 0 Å². The Balaban J connectivity index is 2.24. The molecule has 0 bridgehead atoms. The Labute approximate surface area is 132 Å². The number of ether oxygens (including phenoxy) is 1. The van der Waals surface area contributed by atoms with Crippen molar-refractivity contribution in [1.29, 1.82) is 0 Å². The SMILES string of the molecule is Cc1sc(C(=O)O)cc1COc1c(Br)cccc1[N+](=O)[O-]. The van der Waals surface area contributed by atoms with Crippen LogP contribution in [0.2, 0.25) is 0 Å². The van der Waals surface area contributed by atoms with E-state index in [9.17, 15) is 14.9 Å². The molecule has 2 rings (SSSR count). The van der Waals surface area contributed by atoms with Crippen molar-refractivity contribution in [1.82, 2.24) is 0 Å². The number of carbonyl (C=O) groups is 1. The highest BCUT2D eigenvalue weighted by molar-refractivity contribution is 9.10. The summed E-state index contributed by atoms with van der Waals surface area (Å²) in [6.07, 6.45) is 0. The lowest BCUT2D eigenvalue weighted by Gasteiger charge is -2.08. The minimum absolute atomic E-state index is 0.0685. The molecular formula is C13H10BrNO5S. The monoisotopic (exact) mass is 371 g/mol. The maximum absolute atomic E-state index is 11.0. The molecule has 0 atom stereocenters. The summed E-state index contributed by atoms with van der Waals surface area (Å²) in [6, 6.07) is 6.06. The van der Waals surface area contributed by atoms with E-state index in [1.165, 1.54) is 12.1 Å². The number of para-hydroxylation sites is 1. The number of nitro benzene ring substituents is 1. The molecule has 110 valence electrons. The fourth-order valence-corrected chi connectivity index (χ4v) is 3.04. The summed E-state index contributed by atoms with van der Waals surface area (Å²) < 4.78 is 5.99. The van der Waals surface area contributed by atoms with Gasteiger partial charge in [-0.05, 0) is 35.0 Å². The van der Waals surface area contributed by atoms with Crippen LogP contribution < -0.4 is 4.74 Å². The number of hydrogen-bond donors (Lipinski definition) is 1. The van der Waals surface area contributed by atoms with E-state index in [1.54, 1.807) is 19.1 Å². The third-order valence-electron chi connectivity index (χ3n) is 2.75. The first-order valence-electron chi connectivity index (χ1n) is 5.78. The Hall–Kier alpha value is -1.93. The van der Waals surface area contributed by atoms with Crippen LogP contribution in [0.3, 0.4) is 0 Å². The predicted octanol–water partition coefficient (Wildman–Crippen LogP) is 4.00. The second kappa shape index (κ2) is 6.23.